The summed E-state index contributed by atoms with van der Waals surface area (Å²) >= 11 is 0. The highest BCUT2D eigenvalue weighted by molar-refractivity contribution is 5.74. The van der Waals surface area contributed by atoms with E-state index in [-0.39, 0.29) is 17.4 Å². The van der Waals surface area contributed by atoms with Crippen LogP contribution >= 0.6 is 0 Å². The van der Waals surface area contributed by atoms with Gasteiger partial charge in [-0.05, 0) is 32.6 Å². The van der Waals surface area contributed by atoms with Gasteiger partial charge < -0.3 is 15.0 Å². The monoisotopic (exact) mass is 321 g/mol. The summed E-state index contributed by atoms with van der Waals surface area (Å²) in [5.41, 5.74) is 0.312. The normalized spacial score (nSPS) is 15.4. The Kier molecular flexibility index (Phi) is 4.25. The lowest BCUT2D eigenvalue weighted by Gasteiger charge is -2.15. The maximum absolute atomic E-state index is 12.8. The molecule has 0 saturated heterocycles. The fourth-order valence-corrected chi connectivity index (χ4v) is 3.07. The Balaban J connectivity index is 2.02. The first-order chi connectivity index (χ1) is 11.0. The average Bonchev–Trinajstić information content (AvgIpc) is 2.91. The number of nitrogens with zero attached hydrogens (tertiary/aromatic N) is 4. The molecule has 0 aromatic carbocycles. The second-order valence-electron chi connectivity index (χ2n) is 6.18. The predicted octanol–water partition coefficient (Wildman–Crippen LogP) is 0.263. The third kappa shape index (κ3) is 2.78. The Bertz CT molecular complexity index is 830. The third-order valence-electron chi connectivity index (χ3n) is 4.33. The number of aliphatic hydroxyl groups excluding tert-OH is 1. The molecule has 8 nitrogen and oxygen atoms in total. The van der Waals surface area contributed by atoms with Crippen LogP contribution in [-0.4, -0.2) is 36.4 Å². The number of aliphatic hydroxyl groups is 1. The standard InChI is InChI=1S/C15H23N5O3/c1-10(21)6-3-4-8-20-13(22)11-12(18(2)15(20)23)17-14-16-7-5-9-19(11)14/h10,21H,3-9H2,1-2H3,(H,16,17)/t10-/m0/s1. The van der Waals surface area contributed by atoms with E-state index in [1.54, 1.807) is 14.0 Å². The number of anilines is 1. The van der Waals surface area contributed by atoms with Crippen molar-refractivity contribution in [3.05, 3.63) is 20.8 Å². The summed E-state index contributed by atoms with van der Waals surface area (Å²) in [6.45, 7) is 3.66. The van der Waals surface area contributed by atoms with Crippen LogP contribution in [0.3, 0.4) is 0 Å². The molecule has 0 bridgehead atoms. The van der Waals surface area contributed by atoms with E-state index in [9.17, 15) is 14.7 Å². The quantitative estimate of drug-likeness (QED) is 0.771. The maximum Gasteiger partial charge on any atom is 0.332 e. The highest BCUT2D eigenvalue weighted by atomic mass is 16.3. The summed E-state index contributed by atoms with van der Waals surface area (Å²) in [6.07, 6.45) is 2.70. The van der Waals surface area contributed by atoms with Gasteiger partial charge in [-0.25, -0.2) is 4.79 Å². The number of rotatable bonds is 5. The Morgan fingerprint density at radius 3 is 2.87 bits per heavy atom. The van der Waals surface area contributed by atoms with E-state index >= 15 is 0 Å². The van der Waals surface area contributed by atoms with Crippen LogP contribution in [0, 0.1) is 0 Å². The van der Waals surface area contributed by atoms with Gasteiger partial charge in [0.1, 0.15) is 0 Å². The molecular formula is C15H23N5O3. The van der Waals surface area contributed by atoms with Gasteiger partial charge in [-0.2, -0.15) is 4.98 Å². The van der Waals surface area contributed by atoms with Gasteiger partial charge in [0.05, 0.1) is 6.10 Å². The number of aromatic nitrogens is 4. The molecule has 3 rings (SSSR count). The number of aryl methyl sites for hydroxylation is 2. The number of imidazole rings is 1. The zero-order valence-corrected chi connectivity index (χ0v) is 13.6. The van der Waals surface area contributed by atoms with Crippen molar-refractivity contribution >= 4 is 17.1 Å². The van der Waals surface area contributed by atoms with Gasteiger partial charge in [0.15, 0.2) is 11.2 Å². The topological polar surface area (TPSA) is 94.1 Å². The molecule has 126 valence electrons. The molecule has 23 heavy (non-hydrogen) atoms. The first-order valence-corrected chi connectivity index (χ1v) is 8.12. The molecule has 1 aliphatic rings. The highest BCUT2D eigenvalue weighted by Crippen LogP contribution is 2.19. The van der Waals surface area contributed by atoms with E-state index in [1.807, 2.05) is 4.57 Å². The first-order valence-electron chi connectivity index (χ1n) is 8.12. The van der Waals surface area contributed by atoms with Gasteiger partial charge >= 0.3 is 5.69 Å². The SMILES string of the molecule is C[C@H](O)CCCCn1c(=O)c2c(nc3n2CCCN3)n(C)c1=O. The molecule has 1 atom stereocenters. The van der Waals surface area contributed by atoms with Crippen LogP contribution in [0.4, 0.5) is 5.95 Å². The number of nitrogens with one attached hydrogen (secondary N) is 1. The van der Waals surface area contributed by atoms with Crippen molar-refractivity contribution in [3.63, 3.8) is 0 Å². The summed E-state index contributed by atoms with van der Waals surface area (Å²) in [4.78, 5) is 29.6. The number of unbranched alkanes of at least 4 members (excludes halogenated alkanes) is 1. The smallest absolute Gasteiger partial charge is 0.332 e. The van der Waals surface area contributed by atoms with E-state index in [1.165, 1.54) is 9.13 Å². The molecule has 0 spiro atoms. The third-order valence-corrected chi connectivity index (χ3v) is 4.33. The van der Waals surface area contributed by atoms with Crippen LogP contribution < -0.4 is 16.6 Å². The molecule has 2 N–H and O–H groups in total. The lowest BCUT2D eigenvalue weighted by Crippen LogP contribution is -2.39. The van der Waals surface area contributed by atoms with Crippen LogP contribution in [0.1, 0.15) is 32.6 Å². The minimum atomic E-state index is -0.357. The van der Waals surface area contributed by atoms with Crippen molar-refractivity contribution in [2.45, 2.75) is 51.8 Å². The molecule has 0 amide bonds. The molecule has 0 saturated carbocycles. The van der Waals surface area contributed by atoms with Gasteiger partial charge in [-0.15, -0.1) is 0 Å². The molecule has 3 heterocycles. The summed E-state index contributed by atoms with van der Waals surface area (Å²) < 4.78 is 4.60. The van der Waals surface area contributed by atoms with Crippen LogP contribution in [0.2, 0.25) is 0 Å². The predicted molar refractivity (Wildman–Crippen MR) is 87.9 cm³/mol. The highest BCUT2D eigenvalue weighted by Gasteiger charge is 2.21. The lowest BCUT2D eigenvalue weighted by atomic mass is 10.2. The summed E-state index contributed by atoms with van der Waals surface area (Å²) in [5, 5.41) is 12.5. The Labute approximate surface area is 133 Å². The van der Waals surface area contributed by atoms with Crippen molar-refractivity contribution < 1.29 is 5.11 Å². The number of hydrogen-bond acceptors (Lipinski definition) is 5. The van der Waals surface area contributed by atoms with Crippen LogP contribution in [-0.2, 0) is 20.1 Å². The van der Waals surface area contributed by atoms with E-state index in [2.05, 4.69) is 10.3 Å². The summed E-state index contributed by atoms with van der Waals surface area (Å²) in [7, 11) is 1.65. The minimum Gasteiger partial charge on any atom is -0.393 e. The molecular weight excluding hydrogens is 298 g/mol. The van der Waals surface area contributed by atoms with Gasteiger partial charge in [-0.3, -0.25) is 13.9 Å². The van der Waals surface area contributed by atoms with Crippen molar-refractivity contribution in [3.8, 4) is 0 Å². The van der Waals surface area contributed by atoms with Crippen molar-refractivity contribution in [1.82, 2.24) is 18.7 Å². The van der Waals surface area contributed by atoms with Gasteiger partial charge in [0, 0.05) is 26.7 Å². The number of fused-ring (bicyclic) bond motifs is 3. The Morgan fingerprint density at radius 2 is 2.13 bits per heavy atom. The average molecular weight is 321 g/mol. The van der Waals surface area contributed by atoms with Gasteiger partial charge in [-0.1, -0.05) is 0 Å². The van der Waals surface area contributed by atoms with Crippen LogP contribution in [0.15, 0.2) is 9.59 Å². The zero-order chi connectivity index (χ0) is 16.6. The molecule has 1 aliphatic heterocycles. The lowest BCUT2D eigenvalue weighted by molar-refractivity contribution is 0.180. The fraction of sp³-hybridized carbons (Fsp3) is 0.667. The molecule has 0 fully saturated rings. The molecule has 0 aliphatic carbocycles. The van der Waals surface area contributed by atoms with Crippen molar-refractivity contribution in [1.29, 1.82) is 0 Å². The summed E-state index contributed by atoms with van der Waals surface area (Å²) in [6, 6.07) is 0. The van der Waals surface area contributed by atoms with Crippen molar-refractivity contribution in [2.75, 3.05) is 11.9 Å². The molecule has 0 unspecified atom stereocenters. The fourth-order valence-electron chi connectivity index (χ4n) is 3.07. The van der Waals surface area contributed by atoms with Gasteiger partial charge in [0.2, 0.25) is 5.95 Å². The summed E-state index contributed by atoms with van der Waals surface area (Å²) in [5.74, 6) is 0.658. The van der Waals surface area contributed by atoms with Crippen LogP contribution in [0.5, 0.6) is 0 Å². The van der Waals surface area contributed by atoms with Crippen LogP contribution in [0.25, 0.3) is 11.2 Å². The molecule has 2 aromatic rings. The second-order valence-corrected chi connectivity index (χ2v) is 6.18. The van der Waals surface area contributed by atoms with E-state index in [0.29, 0.717) is 36.5 Å². The first kappa shape index (κ1) is 15.8. The van der Waals surface area contributed by atoms with E-state index in [4.69, 9.17) is 0 Å². The molecule has 8 heteroatoms. The Morgan fingerprint density at radius 1 is 1.35 bits per heavy atom. The van der Waals surface area contributed by atoms with E-state index in [0.717, 1.165) is 25.9 Å². The second kappa shape index (κ2) is 6.19. The number of hydrogen-bond donors (Lipinski definition) is 2. The molecule has 2 aromatic heterocycles. The maximum atomic E-state index is 12.8. The van der Waals surface area contributed by atoms with Gasteiger partial charge in [0.25, 0.3) is 5.56 Å². The van der Waals surface area contributed by atoms with Crippen molar-refractivity contribution in [2.24, 2.45) is 7.05 Å². The molecule has 0 radical (unpaired) electrons. The largest absolute Gasteiger partial charge is 0.393 e. The zero-order valence-electron chi connectivity index (χ0n) is 13.6. The Hall–Kier alpha value is -2.09. The minimum absolute atomic E-state index is 0.275. The van der Waals surface area contributed by atoms with E-state index < -0.39 is 0 Å².